The third kappa shape index (κ3) is 2.87. The Bertz CT molecular complexity index is 567. The molecule has 0 aliphatic heterocycles. The molecule has 0 fully saturated rings. The molecule has 2 aromatic rings. The molecule has 17 heavy (non-hydrogen) atoms. The Labute approximate surface area is 102 Å². The van der Waals surface area contributed by atoms with E-state index in [1.54, 1.807) is 0 Å². The van der Waals surface area contributed by atoms with Crippen LogP contribution in [0.15, 0.2) is 18.5 Å². The summed E-state index contributed by atoms with van der Waals surface area (Å²) in [5.74, 6) is 0. The zero-order chi connectivity index (χ0) is 12.7. The van der Waals surface area contributed by atoms with Crippen LogP contribution in [0.1, 0.15) is 27.2 Å². The fourth-order valence-electron chi connectivity index (χ4n) is 1.77. The smallest absolute Gasteiger partial charge is 0.0651 e. The van der Waals surface area contributed by atoms with Gasteiger partial charge in [-0.25, -0.2) is 0 Å². The lowest BCUT2D eigenvalue weighted by atomic mass is 10.2. The van der Waals surface area contributed by atoms with Crippen LogP contribution in [0.3, 0.4) is 0 Å². The number of nitrogens with one attached hydrogen (secondary N) is 2. The SMILES string of the molecule is CC.CC/C=c1\c(=C/NC)[nH]c2cnccc12. The molecule has 0 aromatic carbocycles. The van der Waals surface area contributed by atoms with E-state index in [0.717, 1.165) is 17.3 Å². The zero-order valence-corrected chi connectivity index (χ0v) is 11.0. The predicted molar refractivity (Wildman–Crippen MR) is 75.0 cm³/mol. The highest BCUT2D eigenvalue weighted by atomic mass is 14.8. The van der Waals surface area contributed by atoms with Crippen molar-refractivity contribution in [2.24, 2.45) is 0 Å². The number of aromatic amines is 1. The largest absolute Gasteiger partial charge is 0.392 e. The third-order valence-electron chi connectivity index (χ3n) is 2.37. The van der Waals surface area contributed by atoms with Gasteiger partial charge in [-0.1, -0.05) is 26.8 Å². The van der Waals surface area contributed by atoms with Crippen molar-refractivity contribution in [3.8, 4) is 0 Å². The molecule has 2 aromatic heterocycles. The van der Waals surface area contributed by atoms with Gasteiger partial charge in [0.1, 0.15) is 0 Å². The number of H-pyrrole nitrogens is 1. The fourth-order valence-corrected chi connectivity index (χ4v) is 1.77. The van der Waals surface area contributed by atoms with E-state index in [1.165, 1.54) is 10.6 Å². The van der Waals surface area contributed by atoms with Gasteiger partial charge in [-0.05, 0) is 12.5 Å². The number of hydrogen-bond acceptors (Lipinski definition) is 2. The second-order valence-electron chi connectivity index (χ2n) is 3.42. The molecule has 0 amide bonds. The molecule has 0 aliphatic rings. The van der Waals surface area contributed by atoms with Gasteiger partial charge in [0.2, 0.25) is 0 Å². The molecule has 0 unspecified atom stereocenters. The zero-order valence-electron chi connectivity index (χ0n) is 11.0. The van der Waals surface area contributed by atoms with Crippen LogP contribution < -0.4 is 15.9 Å². The molecule has 0 radical (unpaired) electrons. The van der Waals surface area contributed by atoms with Gasteiger partial charge in [0.25, 0.3) is 0 Å². The Morgan fingerprint density at radius 3 is 2.82 bits per heavy atom. The molecule has 2 N–H and O–H groups in total. The number of pyridine rings is 1. The number of aromatic nitrogens is 2. The molecule has 0 spiro atoms. The van der Waals surface area contributed by atoms with E-state index in [0.29, 0.717) is 0 Å². The van der Waals surface area contributed by atoms with E-state index in [-0.39, 0.29) is 0 Å². The van der Waals surface area contributed by atoms with Crippen LogP contribution in [-0.2, 0) is 0 Å². The van der Waals surface area contributed by atoms with Gasteiger partial charge in [0.05, 0.1) is 17.1 Å². The first-order chi connectivity index (χ1) is 8.36. The van der Waals surface area contributed by atoms with Crippen molar-refractivity contribution in [2.75, 3.05) is 7.05 Å². The van der Waals surface area contributed by atoms with Crippen LogP contribution in [0.5, 0.6) is 0 Å². The quantitative estimate of drug-likeness (QED) is 0.826. The van der Waals surface area contributed by atoms with E-state index < -0.39 is 0 Å². The minimum atomic E-state index is 1.03. The standard InChI is InChI=1S/C12H15N3.C2H6/c1-3-4-9-10-5-6-14-8-12(10)15-11(9)7-13-2;1-2/h4-8,13,15H,3H2,1-2H3;1-2H3/b9-4-,11-7+;. The van der Waals surface area contributed by atoms with Crippen LogP contribution >= 0.6 is 0 Å². The minimum Gasteiger partial charge on any atom is -0.392 e. The summed E-state index contributed by atoms with van der Waals surface area (Å²) in [6.07, 6.45) is 8.91. The maximum absolute atomic E-state index is 4.11. The van der Waals surface area contributed by atoms with Gasteiger partial charge in [0.15, 0.2) is 0 Å². The van der Waals surface area contributed by atoms with Crippen LogP contribution in [0.25, 0.3) is 23.2 Å². The predicted octanol–water partition coefficient (Wildman–Crippen LogP) is 1.74. The molecule has 2 heterocycles. The van der Waals surface area contributed by atoms with E-state index in [9.17, 15) is 0 Å². The molecule has 92 valence electrons. The van der Waals surface area contributed by atoms with Crippen LogP contribution in [0, 0.1) is 0 Å². The summed E-state index contributed by atoms with van der Waals surface area (Å²) in [4.78, 5) is 7.45. The third-order valence-corrected chi connectivity index (χ3v) is 2.37. The van der Waals surface area contributed by atoms with Crippen molar-refractivity contribution in [2.45, 2.75) is 27.2 Å². The van der Waals surface area contributed by atoms with Crippen molar-refractivity contribution in [1.29, 1.82) is 0 Å². The lowest BCUT2D eigenvalue weighted by molar-refractivity contribution is 1.15. The van der Waals surface area contributed by atoms with Gasteiger partial charge in [-0.3, -0.25) is 4.98 Å². The summed E-state index contributed by atoms with van der Waals surface area (Å²) in [5, 5.41) is 6.64. The summed E-state index contributed by atoms with van der Waals surface area (Å²) in [6, 6.07) is 2.04. The topological polar surface area (TPSA) is 40.7 Å². The Morgan fingerprint density at radius 2 is 2.18 bits per heavy atom. The molecular weight excluding hydrogens is 210 g/mol. The highest BCUT2D eigenvalue weighted by Crippen LogP contribution is 2.01. The van der Waals surface area contributed by atoms with Crippen LogP contribution in [0.2, 0.25) is 0 Å². The fraction of sp³-hybridized carbons (Fsp3) is 0.357. The maximum atomic E-state index is 4.11. The molecule has 0 saturated carbocycles. The van der Waals surface area contributed by atoms with Gasteiger partial charge >= 0.3 is 0 Å². The second kappa shape index (κ2) is 6.74. The molecule has 0 bridgehead atoms. The molecule has 0 saturated heterocycles. The molecule has 3 heteroatoms. The lowest BCUT2D eigenvalue weighted by Crippen LogP contribution is -2.25. The van der Waals surface area contributed by atoms with Crippen molar-refractivity contribution >= 4 is 23.2 Å². The second-order valence-corrected chi connectivity index (χ2v) is 3.42. The molecule has 2 rings (SSSR count). The van der Waals surface area contributed by atoms with Gasteiger partial charge in [-0.15, -0.1) is 0 Å². The van der Waals surface area contributed by atoms with E-state index >= 15 is 0 Å². The van der Waals surface area contributed by atoms with Gasteiger partial charge < -0.3 is 10.3 Å². The summed E-state index contributed by atoms with van der Waals surface area (Å²) in [5.41, 5.74) is 1.08. The summed E-state index contributed by atoms with van der Waals surface area (Å²) in [7, 11) is 1.90. The highest BCUT2D eigenvalue weighted by Gasteiger charge is 1.98. The molecular formula is C14H21N3. The highest BCUT2D eigenvalue weighted by molar-refractivity contribution is 5.80. The summed E-state index contributed by atoms with van der Waals surface area (Å²) in [6.45, 7) is 6.14. The first-order valence-electron chi connectivity index (χ1n) is 6.16. The van der Waals surface area contributed by atoms with E-state index in [4.69, 9.17) is 0 Å². The average Bonchev–Trinajstić information content (AvgIpc) is 2.72. The first kappa shape index (κ1) is 13.3. The molecule has 0 aliphatic carbocycles. The lowest BCUT2D eigenvalue weighted by Gasteiger charge is -1.86. The monoisotopic (exact) mass is 231 g/mol. The minimum absolute atomic E-state index is 1.03. The van der Waals surface area contributed by atoms with Crippen molar-refractivity contribution < 1.29 is 0 Å². The Morgan fingerprint density at radius 1 is 1.41 bits per heavy atom. The van der Waals surface area contributed by atoms with Crippen molar-refractivity contribution in [3.63, 3.8) is 0 Å². The first-order valence-corrected chi connectivity index (χ1v) is 6.16. The van der Waals surface area contributed by atoms with Crippen molar-refractivity contribution in [3.05, 3.63) is 29.0 Å². The summed E-state index contributed by atoms with van der Waals surface area (Å²) >= 11 is 0. The number of rotatable bonds is 2. The van der Waals surface area contributed by atoms with Gasteiger partial charge in [0, 0.05) is 30.0 Å². The summed E-state index contributed by atoms with van der Waals surface area (Å²) < 4.78 is 0. The van der Waals surface area contributed by atoms with Gasteiger partial charge in [-0.2, -0.15) is 0 Å². The Hall–Kier alpha value is -1.77. The van der Waals surface area contributed by atoms with Crippen LogP contribution in [-0.4, -0.2) is 17.0 Å². The maximum Gasteiger partial charge on any atom is 0.0651 e. The normalized spacial score (nSPS) is 12.5. The van der Waals surface area contributed by atoms with E-state index in [1.807, 2.05) is 45.6 Å². The average molecular weight is 231 g/mol. The number of hydrogen-bond donors (Lipinski definition) is 2. The number of nitrogens with zero attached hydrogens (tertiary/aromatic N) is 1. The molecule has 3 nitrogen and oxygen atoms in total. The molecule has 0 atom stereocenters. The van der Waals surface area contributed by atoms with Crippen LogP contribution in [0.4, 0.5) is 0 Å². The Balaban J connectivity index is 0.000000686. The number of fused-ring (bicyclic) bond motifs is 1. The Kier molecular flexibility index (Phi) is 5.27. The van der Waals surface area contributed by atoms with E-state index in [2.05, 4.69) is 28.3 Å². The van der Waals surface area contributed by atoms with Crippen molar-refractivity contribution in [1.82, 2.24) is 15.3 Å².